The number of aliphatic carboxylic acids is 1. The molecular formula is C11H15NO4S. The van der Waals surface area contributed by atoms with E-state index in [1.807, 2.05) is 0 Å². The van der Waals surface area contributed by atoms with Crippen LogP contribution in [0.25, 0.3) is 0 Å². The molecule has 1 N–H and O–H groups in total. The van der Waals surface area contributed by atoms with Gasteiger partial charge in [0.2, 0.25) is 11.8 Å². The molecule has 2 aliphatic rings. The Morgan fingerprint density at radius 1 is 1.29 bits per heavy atom. The Balaban J connectivity index is 2.04. The Morgan fingerprint density at radius 2 is 1.88 bits per heavy atom. The van der Waals surface area contributed by atoms with E-state index >= 15 is 0 Å². The molecule has 0 aromatic rings. The van der Waals surface area contributed by atoms with Gasteiger partial charge in [-0.1, -0.05) is 6.42 Å². The molecule has 0 spiro atoms. The molecule has 2 fully saturated rings. The van der Waals surface area contributed by atoms with E-state index in [0.717, 1.165) is 19.3 Å². The zero-order chi connectivity index (χ0) is 12.5. The second kappa shape index (κ2) is 4.68. The zero-order valence-electron chi connectivity index (χ0n) is 9.48. The monoisotopic (exact) mass is 257 g/mol. The van der Waals surface area contributed by atoms with Crippen molar-refractivity contribution < 1.29 is 19.5 Å². The second-order valence-corrected chi connectivity index (χ2v) is 5.78. The highest BCUT2D eigenvalue weighted by Gasteiger charge is 2.43. The lowest BCUT2D eigenvalue weighted by Gasteiger charge is -2.44. The summed E-state index contributed by atoms with van der Waals surface area (Å²) >= 11 is 1.32. The molecule has 1 saturated heterocycles. The van der Waals surface area contributed by atoms with Crippen LogP contribution in [0, 0.1) is 5.41 Å². The van der Waals surface area contributed by atoms with Crippen LogP contribution >= 0.6 is 11.8 Å². The summed E-state index contributed by atoms with van der Waals surface area (Å²) in [5, 5.41) is 8.88. The molecule has 1 aliphatic carbocycles. The van der Waals surface area contributed by atoms with Gasteiger partial charge in [0.1, 0.15) is 0 Å². The predicted octanol–water partition coefficient (Wildman–Crippen LogP) is 0.733. The molecule has 1 aliphatic heterocycles. The van der Waals surface area contributed by atoms with Gasteiger partial charge in [0, 0.05) is 6.54 Å². The molecule has 0 bridgehead atoms. The summed E-state index contributed by atoms with van der Waals surface area (Å²) in [4.78, 5) is 35.4. The van der Waals surface area contributed by atoms with Crippen molar-refractivity contribution in [1.29, 1.82) is 0 Å². The number of hydrogen-bond donors (Lipinski definition) is 1. The number of carboxylic acid groups (broad SMARTS) is 1. The molecule has 94 valence electrons. The highest BCUT2D eigenvalue weighted by Crippen LogP contribution is 2.45. The van der Waals surface area contributed by atoms with Crippen molar-refractivity contribution in [2.24, 2.45) is 5.41 Å². The lowest BCUT2D eigenvalue weighted by atomic mass is 9.66. The van der Waals surface area contributed by atoms with Gasteiger partial charge in [-0.15, -0.1) is 11.8 Å². The first-order chi connectivity index (χ1) is 8.02. The number of rotatable bonds is 4. The molecule has 0 aromatic heterocycles. The fraction of sp³-hybridized carbons (Fsp3) is 0.727. The van der Waals surface area contributed by atoms with Crippen molar-refractivity contribution in [2.75, 3.05) is 18.1 Å². The highest BCUT2D eigenvalue weighted by atomic mass is 32.2. The summed E-state index contributed by atoms with van der Waals surface area (Å²) in [7, 11) is 0. The Bertz CT molecular complexity index is 348. The van der Waals surface area contributed by atoms with Crippen LogP contribution in [0.4, 0.5) is 0 Å². The van der Waals surface area contributed by atoms with Gasteiger partial charge >= 0.3 is 5.97 Å². The predicted molar refractivity (Wildman–Crippen MR) is 62.6 cm³/mol. The Labute approximate surface area is 104 Å². The van der Waals surface area contributed by atoms with Crippen molar-refractivity contribution in [3.05, 3.63) is 0 Å². The fourth-order valence-corrected chi connectivity index (χ4v) is 3.18. The van der Waals surface area contributed by atoms with Gasteiger partial charge in [-0.25, -0.2) is 0 Å². The Morgan fingerprint density at radius 3 is 2.29 bits per heavy atom. The van der Waals surface area contributed by atoms with E-state index in [2.05, 4.69) is 0 Å². The number of amides is 2. The van der Waals surface area contributed by atoms with E-state index in [-0.39, 0.29) is 30.2 Å². The maximum atomic E-state index is 11.6. The van der Waals surface area contributed by atoms with Gasteiger partial charge in [0.15, 0.2) is 0 Å². The van der Waals surface area contributed by atoms with Crippen LogP contribution in [0.3, 0.4) is 0 Å². The number of carboxylic acids is 1. The number of carbonyl (C=O) groups excluding carboxylic acids is 2. The summed E-state index contributed by atoms with van der Waals surface area (Å²) < 4.78 is 0. The van der Waals surface area contributed by atoms with Crippen molar-refractivity contribution in [2.45, 2.75) is 25.7 Å². The molecule has 0 atom stereocenters. The van der Waals surface area contributed by atoms with E-state index in [0.29, 0.717) is 11.5 Å². The van der Waals surface area contributed by atoms with Crippen LogP contribution in [-0.2, 0) is 14.4 Å². The van der Waals surface area contributed by atoms with E-state index in [1.54, 1.807) is 0 Å². The average molecular weight is 257 g/mol. The molecule has 6 heteroatoms. The molecule has 0 radical (unpaired) electrons. The Kier molecular flexibility index (Phi) is 3.42. The van der Waals surface area contributed by atoms with Gasteiger partial charge in [0.05, 0.1) is 17.9 Å². The standard InChI is InChI=1S/C11H15NO4S/c13-8-5-17-6-9(14)12(8)7-11(2-1-3-11)4-10(15)16/h1-7H2,(H,15,16). The number of hydrogen-bond acceptors (Lipinski definition) is 4. The Hall–Kier alpha value is -1.04. The topological polar surface area (TPSA) is 74.7 Å². The lowest BCUT2D eigenvalue weighted by molar-refractivity contribution is -0.150. The SMILES string of the molecule is O=C(O)CC1(CN2C(=O)CSCC2=O)CCC1. The van der Waals surface area contributed by atoms with Crippen molar-refractivity contribution in [3.63, 3.8) is 0 Å². The quantitative estimate of drug-likeness (QED) is 0.752. The molecule has 0 unspecified atom stereocenters. The second-order valence-electron chi connectivity index (χ2n) is 4.79. The fourth-order valence-electron chi connectivity index (χ4n) is 2.42. The largest absolute Gasteiger partial charge is 0.481 e. The summed E-state index contributed by atoms with van der Waals surface area (Å²) in [6, 6.07) is 0. The highest BCUT2D eigenvalue weighted by molar-refractivity contribution is 8.00. The first-order valence-electron chi connectivity index (χ1n) is 5.65. The van der Waals surface area contributed by atoms with E-state index in [1.165, 1.54) is 16.7 Å². The number of carbonyl (C=O) groups is 3. The molecule has 5 nitrogen and oxygen atoms in total. The summed E-state index contributed by atoms with van der Waals surface area (Å²) in [5.41, 5.74) is -0.362. The van der Waals surface area contributed by atoms with Gasteiger partial charge < -0.3 is 5.11 Å². The molecule has 17 heavy (non-hydrogen) atoms. The number of imide groups is 1. The zero-order valence-corrected chi connectivity index (χ0v) is 10.3. The van der Waals surface area contributed by atoms with Gasteiger partial charge in [0.25, 0.3) is 0 Å². The normalized spacial score (nSPS) is 23.4. The molecule has 0 aromatic carbocycles. The maximum absolute atomic E-state index is 11.6. The van der Waals surface area contributed by atoms with Gasteiger partial charge in [-0.3, -0.25) is 19.3 Å². The third-order valence-electron chi connectivity index (χ3n) is 3.49. The smallest absolute Gasteiger partial charge is 0.303 e. The van der Waals surface area contributed by atoms with Crippen LogP contribution in [0.2, 0.25) is 0 Å². The minimum absolute atomic E-state index is 0.0528. The summed E-state index contributed by atoms with van der Waals surface area (Å²) in [5.74, 6) is -0.550. The molecule has 2 amide bonds. The average Bonchev–Trinajstić information content (AvgIpc) is 2.19. The molecule has 2 rings (SSSR count). The molecule has 1 saturated carbocycles. The number of nitrogens with zero attached hydrogens (tertiary/aromatic N) is 1. The van der Waals surface area contributed by atoms with E-state index in [9.17, 15) is 14.4 Å². The van der Waals surface area contributed by atoms with Crippen molar-refractivity contribution in [1.82, 2.24) is 4.90 Å². The van der Waals surface area contributed by atoms with E-state index < -0.39 is 5.97 Å². The van der Waals surface area contributed by atoms with Crippen LogP contribution < -0.4 is 0 Å². The maximum Gasteiger partial charge on any atom is 0.303 e. The third kappa shape index (κ3) is 2.62. The first-order valence-corrected chi connectivity index (χ1v) is 6.81. The van der Waals surface area contributed by atoms with Crippen LogP contribution in [0.15, 0.2) is 0 Å². The van der Waals surface area contributed by atoms with Gasteiger partial charge in [-0.05, 0) is 18.3 Å². The summed E-state index contributed by atoms with van der Waals surface area (Å²) in [6.07, 6.45) is 2.63. The van der Waals surface area contributed by atoms with Crippen LogP contribution in [0.5, 0.6) is 0 Å². The van der Waals surface area contributed by atoms with E-state index in [4.69, 9.17) is 5.11 Å². The minimum Gasteiger partial charge on any atom is -0.481 e. The minimum atomic E-state index is -0.851. The first kappa shape index (κ1) is 12.4. The summed E-state index contributed by atoms with van der Waals surface area (Å²) in [6.45, 7) is 0.289. The van der Waals surface area contributed by atoms with Crippen molar-refractivity contribution in [3.8, 4) is 0 Å². The third-order valence-corrected chi connectivity index (χ3v) is 4.39. The number of thioether (sulfide) groups is 1. The van der Waals surface area contributed by atoms with Crippen LogP contribution in [0.1, 0.15) is 25.7 Å². The molecule has 1 heterocycles. The molecular weight excluding hydrogens is 242 g/mol. The van der Waals surface area contributed by atoms with Gasteiger partial charge in [-0.2, -0.15) is 0 Å². The lowest BCUT2D eigenvalue weighted by Crippen LogP contribution is -2.51. The van der Waals surface area contributed by atoms with Crippen molar-refractivity contribution >= 4 is 29.5 Å². The van der Waals surface area contributed by atoms with Crippen LogP contribution in [-0.4, -0.2) is 45.8 Å².